The van der Waals surface area contributed by atoms with Crippen LogP contribution in [0.1, 0.15) is 52.9 Å². The minimum absolute atomic E-state index is 0.0426. The lowest BCUT2D eigenvalue weighted by atomic mass is 9.77. The number of nitrogens with zero attached hydrogens (tertiary/aromatic N) is 3. The van der Waals surface area contributed by atoms with Gasteiger partial charge in [-0.3, -0.25) is 9.59 Å². The fourth-order valence-corrected chi connectivity index (χ4v) is 6.11. The molecule has 2 aromatic carbocycles. The third-order valence-corrected chi connectivity index (χ3v) is 8.60. The minimum Gasteiger partial charge on any atom is -0.497 e. The van der Waals surface area contributed by atoms with Gasteiger partial charge in [0.2, 0.25) is 11.8 Å². The van der Waals surface area contributed by atoms with Gasteiger partial charge in [0.05, 0.1) is 30.8 Å². The largest absolute Gasteiger partial charge is 0.497 e. The van der Waals surface area contributed by atoms with Crippen LogP contribution in [0.5, 0.6) is 11.5 Å². The van der Waals surface area contributed by atoms with E-state index in [1.54, 1.807) is 7.11 Å². The molecule has 5 rings (SSSR count). The molecular weight excluding hydrogens is 546 g/mol. The number of aromatic nitrogens is 1. The van der Waals surface area contributed by atoms with E-state index >= 15 is 0 Å². The summed E-state index contributed by atoms with van der Waals surface area (Å²) in [5, 5.41) is 10.9. The molecule has 0 aliphatic carbocycles. The first-order valence-electron chi connectivity index (χ1n) is 15.1. The van der Waals surface area contributed by atoms with Gasteiger partial charge in [-0.25, -0.2) is 9.78 Å². The third-order valence-electron chi connectivity index (χ3n) is 8.60. The van der Waals surface area contributed by atoms with Crippen LogP contribution in [0.15, 0.2) is 54.6 Å². The highest BCUT2D eigenvalue weighted by Crippen LogP contribution is 2.37. The first-order chi connectivity index (χ1) is 20.5. The molecule has 0 bridgehead atoms. The highest BCUT2D eigenvalue weighted by Gasteiger charge is 2.46. The smallest absolute Gasteiger partial charge is 0.326 e. The lowest BCUT2D eigenvalue weighted by molar-refractivity contribution is -0.153. The van der Waals surface area contributed by atoms with Crippen molar-refractivity contribution >= 4 is 28.7 Å². The number of rotatable bonds is 8. The molecule has 3 aromatic rings. The molecule has 43 heavy (non-hydrogen) atoms. The summed E-state index contributed by atoms with van der Waals surface area (Å²) in [5.74, 6) is -0.871. The third kappa shape index (κ3) is 6.76. The monoisotopic (exact) mass is 587 g/mol. The van der Waals surface area contributed by atoms with E-state index in [-0.39, 0.29) is 31.2 Å². The number of benzene rings is 2. The van der Waals surface area contributed by atoms with Crippen molar-refractivity contribution in [3.63, 3.8) is 0 Å². The summed E-state index contributed by atoms with van der Waals surface area (Å²) in [6.45, 7) is 7.32. The Morgan fingerprint density at radius 3 is 2.40 bits per heavy atom. The van der Waals surface area contributed by atoms with Gasteiger partial charge >= 0.3 is 5.97 Å². The molecule has 0 radical (unpaired) electrons. The predicted octanol–water partition coefficient (Wildman–Crippen LogP) is 5.41. The molecule has 1 N–H and O–H groups in total. The maximum absolute atomic E-state index is 14.1. The molecule has 2 saturated heterocycles. The van der Waals surface area contributed by atoms with Gasteiger partial charge in [-0.1, -0.05) is 51.1 Å². The molecular formula is C34H41N3O6. The summed E-state index contributed by atoms with van der Waals surface area (Å²) in [5.41, 5.74) is 1.77. The molecule has 9 heteroatoms. The van der Waals surface area contributed by atoms with E-state index in [1.807, 2.05) is 80.3 Å². The van der Waals surface area contributed by atoms with Crippen LogP contribution in [0, 0.1) is 11.3 Å². The summed E-state index contributed by atoms with van der Waals surface area (Å²) < 4.78 is 11.9. The lowest BCUT2D eigenvalue weighted by Gasteiger charge is -2.36. The van der Waals surface area contributed by atoms with Gasteiger partial charge in [0, 0.05) is 49.0 Å². The zero-order valence-electron chi connectivity index (χ0n) is 25.4. The normalized spacial score (nSPS) is 19.7. The van der Waals surface area contributed by atoms with Gasteiger partial charge < -0.3 is 24.4 Å². The van der Waals surface area contributed by atoms with Gasteiger partial charge in [-0.2, -0.15) is 0 Å². The number of ether oxygens (including phenoxy) is 2. The Labute approximate surface area is 252 Å². The number of carbonyl (C=O) groups excluding carboxylic acids is 2. The number of carboxylic acids is 1. The first kappa shape index (κ1) is 30.3. The Morgan fingerprint density at radius 2 is 1.74 bits per heavy atom. The number of pyridine rings is 1. The van der Waals surface area contributed by atoms with Crippen LogP contribution in [0.25, 0.3) is 22.2 Å². The van der Waals surface area contributed by atoms with E-state index in [0.29, 0.717) is 35.8 Å². The highest BCUT2D eigenvalue weighted by molar-refractivity contribution is 5.91. The number of piperidine rings is 1. The SMILES string of the molecule is COc1ccc2c(O[C@@H]3C[C@@H](C(=O)O)N(C(=O)[C@@H](CC(=O)N4CCCCC4)C(C)(C)C)C3)cc(-c3ccccc3)nc2c1. The molecule has 0 spiro atoms. The first-order valence-corrected chi connectivity index (χ1v) is 15.1. The number of methoxy groups -OCH3 is 1. The quantitative estimate of drug-likeness (QED) is 0.375. The minimum atomic E-state index is -1.08. The van der Waals surface area contributed by atoms with Crippen molar-refractivity contribution in [3.05, 3.63) is 54.6 Å². The van der Waals surface area contributed by atoms with Crippen LogP contribution in [-0.2, 0) is 14.4 Å². The van der Waals surface area contributed by atoms with E-state index in [2.05, 4.69) is 0 Å². The summed E-state index contributed by atoms with van der Waals surface area (Å²) in [7, 11) is 1.60. The van der Waals surface area contributed by atoms with Crippen LogP contribution < -0.4 is 9.47 Å². The molecule has 9 nitrogen and oxygen atoms in total. The van der Waals surface area contributed by atoms with Crippen molar-refractivity contribution in [1.29, 1.82) is 0 Å². The average Bonchev–Trinajstić information content (AvgIpc) is 3.43. The van der Waals surface area contributed by atoms with Gasteiger partial charge in [-0.05, 0) is 36.8 Å². The second kappa shape index (κ2) is 12.6. The van der Waals surface area contributed by atoms with Crippen LogP contribution in [0.3, 0.4) is 0 Å². The Balaban J connectivity index is 1.42. The van der Waals surface area contributed by atoms with E-state index in [1.165, 1.54) is 4.90 Å². The van der Waals surface area contributed by atoms with Crippen molar-refractivity contribution in [2.24, 2.45) is 11.3 Å². The van der Waals surface area contributed by atoms with Crippen LogP contribution in [0.4, 0.5) is 0 Å². The van der Waals surface area contributed by atoms with Crippen molar-refractivity contribution in [1.82, 2.24) is 14.8 Å². The van der Waals surface area contributed by atoms with Gasteiger partial charge in [0.1, 0.15) is 23.6 Å². The van der Waals surface area contributed by atoms with Gasteiger partial charge in [0.25, 0.3) is 0 Å². The standard InChI is InChI=1S/C34H41N3O6/c1-34(2,3)26(19-31(38)36-15-9-6-10-16-36)32(39)37-21-24(18-29(37)33(40)41)43-30-20-27(22-11-7-5-8-12-22)35-28-17-23(42-4)13-14-25(28)30/h5,7-8,11-14,17,20,24,26,29H,6,9-10,15-16,18-19,21H2,1-4H3,(H,40,41)/t24-,26-,29+/m1/s1. The maximum Gasteiger partial charge on any atom is 0.326 e. The molecule has 2 aliphatic rings. The number of aliphatic carboxylic acids is 1. The van der Waals surface area contributed by atoms with Crippen LogP contribution >= 0.6 is 0 Å². The van der Waals surface area contributed by atoms with Crippen molar-refractivity contribution in [2.75, 3.05) is 26.7 Å². The molecule has 0 unspecified atom stereocenters. The molecule has 2 aliphatic heterocycles. The maximum atomic E-state index is 14.1. The number of carbonyl (C=O) groups is 3. The fourth-order valence-electron chi connectivity index (χ4n) is 6.11. The van der Waals surface area contributed by atoms with E-state index in [9.17, 15) is 19.5 Å². The summed E-state index contributed by atoms with van der Waals surface area (Å²) in [6.07, 6.45) is 2.68. The second-order valence-corrected chi connectivity index (χ2v) is 12.6. The van der Waals surface area contributed by atoms with E-state index in [0.717, 1.165) is 30.2 Å². The Hall–Kier alpha value is -4.14. The molecule has 228 valence electrons. The topological polar surface area (TPSA) is 109 Å². The molecule has 0 saturated carbocycles. The lowest BCUT2D eigenvalue weighted by Crippen LogP contribution is -2.48. The van der Waals surface area contributed by atoms with Gasteiger partial charge in [-0.15, -0.1) is 0 Å². The molecule has 1 aromatic heterocycles. The molecule has 2 amide bonds. The number of likely N-dealkylation sites (tertiary alicyclic amines) is 2. The second-order valence-electron chi connectivity index (χ2n) is 12.6. The Morgan fingerprint density at radius 1 is 1.02 bits per heavy atom. The van der Waals surface area contributed by atoms with Gasteiger partial charge in [0.15, 0.2) is 0 Å². The Bertz CT molecular complexity index is 1480. The van der Waals surface area contributed by atoms with Crippen molar-refractivity contribution in [3.8, 4) is 22.8 Å². The van der Waals surface area contributed by atoms with E-state index < -0.39 is 29.4 Å². The molecule has 3 atom stereocenters. The molecule has 2 fully saturated rings. The van der Waals surface area contributed by atoms with E-state index in [4.69, 9.17) is 14.5 Å². The average molecular weight is 588 g/mol. The number of carboxylic acid groups (broad SMARTS) is 1. The predicted molar refractivity (Wildman–Crippen MR) is 164 cm³/mol. The summed E-state index contributed by atoms with van der Waals surface area (Å²) >= 11 is 0. The molecule has 3 heterocycles. The number of hydrogen-bond donors (Lipinski definition) is 1. The Kier molecular flexibility index (Phi) is 8.89. The zero-order chi connectivity index (χ0) is 30.7. The summed E-state index contributed by atoms with van der Waals surface area (Å²) in [4.78, 5) is 47.8. The van der Waals surface area contributed by atoms with Crippen molar-refractivity contribution < 1.29 is 29.0 Å². The summed E-state index contributed by atoms with van der Waals surface area (Å²) in [6, 6.07) is 16.1. The number of fused-ring (bicyclic) bond motifs is 1. The number of hydrogen-bond acceptors (Lipinski definition) is 6. The van der Waals surface area contributed by atoms with Crippen LogP contribution in [0.2, 0.25) is 0 Å². The highest BCUT2D eigenvalue weighted by atomic mass is 16.5. The van der Waals surface area contributed by atoms with Crippen LogP contribution in [-0.4, -0.2) is 76.6 Å². The zero-order valence-corrected chi connectivity index (χ0v) is 25.4. The van der Waals surface area contributed by atoms with Crippen molar-refractivity contribution in [2.45, 2.75) is 65.0 Å². The fraction of sp³-hybridized carbons (Fsp3) is 0.471. The number of amides is 2.